The molecule has 3 rings (SSSR count). The summed E-state index contributed by atoms with van der Waals surface area (Å²) in [4.78, 5) is 2.38. The Morgan fingerprint density at radius 2 is 1.97 bits per heavy atom. The van der Waals surface area contributed by atoms with Gasteiger partial charge >= 0.3 is 0 Å². The van der Waals surface area contributed by atoms with Crippen LogP contribution in [0.3, 0.4) is 0 Å². The van der Waals surface area contributed by atoms with Crippen molar-refractivity contribution in [3.8, 4) is 11.8 Å². The highest BCUT2D eigenvalue weighted by Crippen LogP contribution is 2.26. The van der Waals surface area contributed by atoms with Crippen molar-refractivity contribution in [2.24, 2.45) is 0 Å². The van der Waals surface area contributed by atoms with Gasteiger partial charge in [0.25, 0.3) is 0 Å². The van der Waals surface area contributed by atoms with E-state index in [-0.39, 0.29) is 5.82 Å². The number of rotatable bonds is 8. The number of likely N-dealkylation sites (tertiary alicyclic amines) is 1. The first-order chi connectivity index (χ1) is 16.8. The molecular weight excluding hydrogens is 435 g/mol. The maximum absolute atomic E-state index is 14.6. The minimum Gasteiger partial charge on any atom is -0.388 e. The fourth-order valence-electron chi connectivity index (χ4n) is 4.39. The molecule has 1 aliphatic rings. The van der Waals surface area contributed by atoms with E-state index >= 15 is 0 Å². The van der Waals surface area contributed by atoms with Gasteiger partial charge in [-0.1, -0.05) is 37.5 Å². The third-order valence-electron chi connectivity index (χ3n) is 6.62. The van der Waals surface area contributed by atoms with Crippen LogP contribution in [0.4, 0.5) is 15.8 Å². The predicted molar refractivity (Wildman–Crippen MR) is 149 cm³/mol. The van der Waals surface area contributed by atoms with Gasteiger partial charge in [0.05, 0.1) is 6.54 Å². The number of hydrogen-bond donors (Lipinski definition) is 3. The van der Waals surface area contributed by atoms with Crippen LogP contribution in [0.5, 0.6) is 0 Å². The molecule has 0 radical (unpaired) electrons. The lowest BCUT2D eigenvalue weighted by Crippen LogP contribution is -2.36. The van der Waals surface area contributed by atoms with E-state index in [9.17, 15) is 4.39 Å². The minimum atomic E-state index is -0.294. The summed E-state index contributed by atoms with van der Waals surface area (Å²) < 4.78 is 14.6. The van der Waals surface area contributed by atoms with E-state index in [1.807, 2.05) is 13.0 Å². The van der Waals surface area contributed by atoms with Crippen LogP contribution in [0.2, 0.25) is 0 Å². The number of piperidine rings is 1. The molecular formula is C30H39FN4. The van der Waals surface area contributed by atoms with Gasteiger partial charge in [0, 0.05) is 41.3 Å². The molecule has 35 heavy (non-hydrogen) atoms. The largest absolute Gasteiger partial charge is 0.388 e. The van der Waals surface area contributed by atoms with Gasteiger partial charge in [-0.2, -0.15) is 0 Å². The molecule has 2 aromatic rings. The van der Waals surface area contributed by atoms with Crippen LogP contribution in [0, 0.1) is 24.6 Å². The Morgan fingerprint density at radius 3 is 2.66 bits per heavy atom. The van der Waals surface area contributed by atoms with Gasteiger partial charge in [0.2, 0.25) is 0 Å². The Bertz CT molecular complexity index is 1130. The van der Waals surface area contributed by atoms with Crippen LogP contribution in [0.1, 0.15) is 48.9 Å². The maximum atomic E-state index is 14.6. The van der Waals surface area contributed by atoms with Crippen molar-refractivity contribution in [1.82, 2.24) is 10.2 Å². The third-order valence-corrected chi connectivity index (χ3v) is 6.62. The first-order valence-electron chi connectivity index (χ1n) is 12.5. The standard InChI is InChI=1S/C30H39FN4/c1-7-24-19-27(23(4)32-5)28(31)20-30(24)33-15-9-10-21(2)18-26-22(3)11-8-12-29(26)34-25-13-16-35(6)17-14-25/h8,11-12,18-20,25,32-34H,4,7,13-17H2,1-3,5-6H3/b21-18+. The Balaban J connectivity index is 1.69. The molecule has 0 aliphatic carbocycles. The van der Waals surface area contributed by atoms with Crippen LogP contribution < -0.4 is 16.0 Å². The van der Waals surface area contributed by atoms with Crippen molar-refractivity contribution in [3.63, 3.8) is 0 Å². The Hall–Kier alpha value is -3.23. The summed E-state index contributed by atoms with van der Waals surface area (Å²) >= 11 is 0. The van der Waals surface area contributed by atoms with Crippen LogP contribution in [0.25, 0.3) is 11.8 Å². The molecule has 0 unspecified atom stereocenters. The number of anilines is 2. The quantitative estimate of drug-likeness (QED) is 0.416. The highest BCUT2D eigenvalue weighted by atomic mass is 19.1. The van der Waals surface area contributed by atoms with Crippen LogP contribution in [0.15, 0.2) is 42.5 Å². The normalized spacial score (nSPS) is 14.7. The topological polar surface area (TPSA) is 39.3 Å². The lowest BCUT2D eigenvalue weighted by Gasteiger charge is -2.30. The molecule has 1 fully saturated rings. The third kappa shape index (κ3) is 7.13. The van der Waals surface area contributed by atoms with Gasteiger partial charge in [-0.05, 0) is 94.2 Å². The first kappa shape index (κ1) is 26.4. The molecule has 0 aromatic heterocycles. The molecule has 1 saturated heterocycles. The molecule has 0 amide bonds. The SMILES string of the molecule is C=C(NC)c1cc(CC)c(NCC#C/C(C)=C/c2c(C)cccc2NC2CCN(C)CC2)cc1F. The molecule has 3 N–H and O–H groups in total. The average molecular weight is 475 g/mol. The van der Waals surface area contributed by atoms with E-state index in [2.05, 4.69) is 84.4 Å². The number of nitrogens with zero attached hydrogens (tertiary/aromatic N) is 1. The summed E-state index contributed by atoms with van der Waals surface area (Å²) in [5.74, 6) is 6.15. The Morgan fingerprint density at radius 1 is 1.23 bits per heavy atom. The number of nitrogens with one attached hydrogen (secondary N) is 3. The molecule has 0 atom stereocenters. The van der Waals surface area contributed by atoms with Crippen molar-refractivity contribution in [2.45, 2.75) is 46.1 Å². The van der Waals surface area contributed by atoms with Gasteiger partial charge in [-0.3, -0.25) is 0 Å². The van der Waals surface area contributed by atoms with Gasteiger partial charge in [-0.15, -0.1) is 0 Å². The van der Waals surface area contributed by atoms with Gasteiger partial charge in [-0.25, -0.2) is 4.39 Å². The van der Waals surface area contributed by atoms with Crippen molar-refractivity contribution < 1.29 is 4.39 Å². The van der Waals surface area contributed by atoms with Gasteiger partial charge in [0.1, 0.15) is 5.82 Å². The van der Waals surface area contributed by atoms with Crippen LogP contribution in [-0.4, -0.2) is 44.7 Å². The molecule has 0 bridgehead atoms. The zero-order valence-electron chi connectivity index (χ0n) is 21.8. The first-order valence-corrected chi connectivity index (χ1v) is 12.5. The molecule has 186 valence electrons. The molecule has 5 heteroatoms. The number of allylic oxidation sites excluding steroid dienone is 1. The second-order valence-electron chi connectivity index (χ2n) is 9.31. The monoisotopic (exact) mass is 474 g/mol. The lowest BCUT2D eigenvalue weighted by atomic mass is 10.0. The molecule has 0 spiro atoms. The number of hydrogen-bond acceptors (Lipinski definition) is 4. The van der Waals surface area contributed by atoms with Crippen LogP contribution in [-0.2, 0) is 6.42 Å². The van der Waals surface area contributed by atoms with Crippen LogP contribution >= 0.6 is 0 Å². The molecule has 1 aliphatic heterocycles. The molecule has 2 aromatic carbocycles. The highest BCUT2D eigenvalue weighted by molar-refractivity contribution is 5.73. The van der Waals surface area contributed by atoms with E-state index in [0.29, 0.717) is 23.8 Å². The second-order valence-corrected chi connectivity index (χ2v) is 9.31. The number of benzene rings is 2. The number of aryl methyl sites for hydroxylation is 2. The zero-order valence-corrected chi connectivity index (χ0v) is 21.8. The maximum Gasteiger partial charge on any atom is 0.134 e. The van der Waals surface area contributed by atoms with Crippen molar-refractivity contribution in [1.29, 1.82) is 0 Å². The summed E-state index contributed by atoms with van der Waals surface area (Å²) in [7, 11) is 3.93. The zero-order chi connectivity index (χ0) is 25.4. The summed E-state index contributed by atoms with van der Waals surface area (Å²) in [6.07, 6.45) is 5.26. The van der Waals surface area contributed by atoms with E-state index in [0.717, 1.165) is 49.2 Å². The Kier molecular flexibility index (Phi) is 9.39. The fourth-order valence-corrected chi connectivity index (χ4v) is 4.39. The Labute approximate surface area is 210 Å². The van der Waals surface area contributed by atoms with Gasteiger partial charge in [0.15, 0.2) is 0 Å². The smallest absolute Gasteiger partial charge is 0.134 e. The second kappa shape index (κ2) is 12.5. The summed E-state index contributed by atoms with van der Waals surface area (Å²) in [6.45, 7) is 12.8. The van der Waals surface area contributed by atoms with E-state index in [1.165, 1.54) is 22.9 Å². The fraction of sp³-hybridized carbons (Fsp3) is 0.400. The van der Waals surface area contributed by atoms with E-state index in [4.69, 9.17) is 0 Å². The minimum absolute atomic E-state index is 0.294. The molecule has 0 saturated carbocycles. The van der Waals surface area contributed by atoms with Gasteiger partial charge < -0.3 is 20.9 Å². The molecule has 4 nitrogen and oxygen atoms in total. The summed E-state index contributed by atoms with van der Waals surface area (Å²) in [5.41, 5.74) is 7.48. The van der Waals surface area contributed by atoms with Crippen molar-refractivity contribution in [3.05, 3.63) is 70.6 Å². The predicted octanol–water partition coefficient (Wildman–Crippen LogP) is 5.91. The highest BCUT2D eigenvalue weighted by Gasteiger charge is 2.17. The van der Waals surface area contributed by atoms with Crippen molar-refractivity contribution in [2.75, 3.05) is 44.4 Å². The number of halogens is 1. The lowest BCUT2D eigenvalue weighted by molar-refractivity contribution is 0.264. The molecule has 1 heterocycles. The van der Waals surface area contributed by atoms with E-state index < -0.39 is 0 Å². The average Bonchev–Trinajstić information content (AvgIpc) is 2.85. The van der Waals surface area contributed by atoms with E-state index in [1.54, 1.807) is 7.05 Å². The summed E-state index contributed by atoms with van der Waals surface area (Å²) in [5, 5.41) is 9.96. The van der Waals surface area contributed by atoms with Crippen molar-refractivity contribution >= 4 is 23.1 Å². The summed E-state index contributed by atoms with van der Waals surface area (Å²) in [6, 6.07) is 10.3.